The molecule has 0 aliphatic rings. The molecule has 2 aromatic carbocycles. The number of ketones is 3. The van der Waals surface area contributed by atoms with Crippen molar-refractivity contribution >= 4 is 29.3 Å². The molecule has 0 aliphatic heterocycles. The molecule has 0 bridgehead atoms. The molecule has 2 aromatic rings. The lowest BCUT2D eigenvalue weighted by Crippen LogP contribution is -2.49. The summed E-state index contributed by atoms with van der Waals surface area (Å²) in [6.45, 7) is 10.4. The lowest BCUT2D eigenvalue weighted by Gasteiger charge is -2.29. The van der Waals surface area contributed by atoms with Gasteiger partial charge in [-0.25, -0.2) is 0 Å². The van der Waals surface area contributed by atoms with Gasteiger partial charge >= 0.3 is 11.9 Å². The number of carbonyl (C=O) groups excluding carboxylic acids is 5. The highest BCUT2D eigenvalue weighted by atomic mass is 16.5. The van der Waals surface area contributed by atoms with Crippen LogP contribution in [-0.2, 0) is 23.9 Å². The molecule has 0 radical (unpaired) electrons. The topological polar surface area (TPSA) is 104 Å². The summed E-state index contributed by atoms with van der Waals surface area (Å²) >= 11 is 0. The zero-order valence-corrected chi connectivity index (χ0v) is 21.2. The number of hydrogen-bond donors (Lipinski definition) is 0. The zero-order valence-electron chi connectivity index (χ0n) is 21.2. The molecule has 190 valence electrons. The summed E-state index contributed by atoms with van der Waals surface area (Å²) in [5.74, 6) is -5.83. The molecule has 0 amide bonds. The maximum absolute atomic E-state index is 13.8. The van der Waals surface area contributed by atoms with Gasteiger partial charge in [-0.2, -0.15) is 0 Å². The minimum atomic E-state index is -2.30. The molecule has 7 heteroatoms. The van der Waals surface area contributed by atoms with Gasteiger partial charge in [0, 0.05) is 17.5 Å². The minimum absolute atomic E-state index is 0.0112. The number of aryl methyl sites for hydroxylation is 2. The molecule has 0 N–H and O–H groups in total. The Morgan fingerprint density at radius 3 is 1.81 bits per heavy atom. The van der Waals surface area contributed by atoms with Gasteiger partial charge in [0.15, 0.2) is 22.8 Å². The van der Waals surface area contributed by atoms with Gasteiger partial charge in [-0.3, -0.25) is 24.0 Å². The molecule has 0 aliphatic carbocycles. The second kappa shape index (κ2) is 12.7. The molecule has 0 heterocycles. The average Bonchev–Trinajstić information content (AvgIpc) is 2.86. The molecule has 7 nitrogen and oxygen atoms in total. The number of hydrogen-bond acceptors (Lipinski definition) is 7. The van der Waals surface area contributed by atoms with Crippen molar-refractivity contribution in [2.45, 2.75) is 40.5 Å². The Balaban J connectivity index is 2.59. The Morgan fingerprint density at radius 2 is 1.33 bits per heavy atom. The van der Waals surface area contributed by atoms with Crippen molar-refractivity contribution in [3.63, 3.8) is 0 Å². The van der Waals surface area contributed by atoms with Gasteiger partial charge in [-0.15, -0.1) is 6.58 Å². The lowest BCUT2D eigenvalue weighted by atomic mass is 9.71. The predicted octanol–water partition coefficient (Wildman–Crippen LogP) is 4.63. The first-order valence-corrected chi connectivity index (χ1v) is 11.8. The standard InChI is InChI=1S/C29H32O7/c1-6-17-29(28(34)36-8-3,26(32)22-15-11-20(5)12-16-22)24(30)18-23(27(33)35-7-2)25(31)21-13-9-19(4)10-14-21/h6,9-16,23H,1,7-8,17-18H2,2-5H3. The van der Waals surface area contributed by atoms with E-state index in [0.717, 1.165) is 11.1 Å². The van der Waals surface area contributed by atoms with Crippen LogP contribution in [0.15, 0.2) is 61.2 Å². The lowest BCUT2D eigenvalue weighted by molar-refractivity contribution is -0.158. The molecule has 0 aromatic heterocycles. The number of esters is 2. The normalized spacial score (nSPS) is 13.1. The molecule has 36 heavy (non-hydrogen) atoms. The highest BCUT2D eigenvalue weighted by Crippen LogP contribution is 2.34. The molecule has 2 unspecified atom stereocenters. The number of rotatable bonds is 13. The van der Waals surface area contributed by atoms with Crippen molar-refractivity contribution in [2.24, 2.45) is 11.3 Å². The molecule has 0 saturated carbocycles. The van der Waals surface area contributed by atoms with E-state index in [9.17, 15) is 24.0 Å². The number of ether oxygens (including phenoxy) is 2. The van der Waals surface area contributed by atoms with E-state index in [1.165, 1.54) is 18.2 Å². The highest BCUT2D eigenvalue weighted by Gasteiger charge is 2.54. The third kappa shape index (κ3) is 6.22. The van der Waals surface area contributed by atoms with Crippen LogP contribution in [-0.4, -0.2) is 42.5 Å². The van der Waals surface area contributed by atoms with Gasteiger partial charge in [-0.1, -0.05) is 65.7 Å². The summed E-state index contributed by atoms with van der Waals surface area (Å²) in [7, 11) is 0. The van der Waals surface area contributed by atoms with E-state index >= 15 is 0 Å². The van der Waals surface area contributed by atoms with Crippen molar-refractivity contribution in [2.75, 3.05) is 13.2 Å². The van der Waals surface area contributed by atoms with Crippen LogP contribution >= 0.6 is 0 Å². The number of benzene rings is 2. The molecule has 0 saturated heterocycles. The van der Waals surface area contributed by atoms with Crippen LogP contribution in [0.5, 0.6) is 0 Å². The van der Waals surface area contributed by atoms with Crippen molar-refractivity contribution in [1.29, 1.82) is 0 Å². The van der Waals surface area contributed by atoms with Crippen molar-refractivity contribution < 1.29 is 33.4 Å². The van der Waals surface area contributed by atoms with Crippen molar-refractivity contribution in [3.05, 3.63) is 83.4 Å². The number of allylic oxidation sites excluding steroid dienone is 1. The molecule has 2 atom stereocenters. The SMILES string of the molecule is C=CCC(C(=O)CC(C(=O)OCC)C(=O)c1ccc(C)cc1)(C(=O)OCC)C(=O)c1ccc(C)cc1. The van der Waals surface area contributed by atoms with Crippen LogP contribution in [0.25, 0.3) is 0 Å². The first-order chi connectivity index (χ1) is 17.1. The van der Waals surface area contributed by atoms with Gasteiger partial charge in [0.2, 0.25) is 0 Å². The van der Waals surface area contributed by atoms with E-state index in [2.05, 4.69) is 6.58 Å². The molecular weight excluding hydrogens is 460 g/mol. The third-order valence-corrected chi connectivity index (χ3v) is 5.87. The van der Waals surface area contributed by atoms with Crippen LogP contribution < -0.4 is 0 Å². The van der Waals surface area contributed by atoms with Crippen LogP contribution in [0.2, 0.25) is 0 Å². The molecule has 0 spiro atoms. The number of Topliss-reactive ketones (excluding diaryl/α,β-unsaturated/α-hetero) is 3. The summed E-state index contributed by atoms with van der Waals surface area (Å²) < 4.78 is 10.2. The highest BCUT2D eigenvalue weighted by molar-refractivity contribution is 6.28. The van der Waals surface area contributed by atoms with Gasteiger partial charge in [-0.05, 0) is 34.1 Å². The Labute approximate surface area is 211 Å². The molecular formula is C29H32O7. The van der Waals surface area contributed by atoms with Crippen LogP contribution in [0, 0.1) is 25.2 Å². The summed E-state index contributed by atoms with van der Waals surface area (Å²) in [5.41, 5.74) is -0.172. The average molecular weight is 493 g/mol. The largest absolute Gasteiger partial charge is 0.465 e. The fourth-order valence-corrected chi connectivity index (χ4v) is 3.85. The Hall–Kier alpha value is -3.87. The van der Waals surface area contributed by atoms with E-state index < -0.39 is 47.0 Å². The van der Waals surface area contributed by atoms with E-state index in [4.69, 9.17) is 9.47 Å². The quantitative estimate of drug-likeness (QED) is 0.174. The Bertz CT molecular complexity index is 1130. The van der Waals surface area contributed by atoms with Crippen LogP contribution in [0.3, 0.4) is 0 Å². The third-order valence-electron chi connectivity index (χ3n) is 5.87. The summed E-state index contributed by atoms with van der Waals surface area (Å²) in [5, 5.41) is 0. The van der Waals surface area contributed by atoms with Crippen LogP contribution in [0.1, 0.15) is 58.5 Å². The monoisotopic (exact) mass is 492 g/mol. The maximum Gasteiger partial charge on any atom is 0.328 e. The van der Waals surface area contributed by atoms with Crippen LogP contribution in [0.4, 0.5) is 0 Å². The van der Waals surface area contributed by atoms with Gasteiger partial charge in [0.1, 0.15) is 5.92 Å². The van der Waals surface area contributed by atoms with Gasteiger partial charge < -0.3 is 9.47 Å². The first-order valence-electron chi connectivity index (χ1n) is 11.8. The molecule has 2 rings (SSSR count). The molecule has 0 fully saturated rings. The van der Waals surface area contributed by atoms with E-state index in [1.807, 2.05) is 13.8 Å². The summed E-state index contributed by atoms with van der Waals surface area (Å²) in [6.07, 6.45) is 0.212. The smallest absolute Gasteiger partial charge is 0.328 e. The second-order valence-electron chi connectivity index (χ2n) is 8.48. The predicted molar refractivity (Wildman–Crippen MR) is 135 cm³/mol. The first kappa shape index (κ1) is 28.4. The van der Waals surface area contributed by atoms with E-state index in [-0.39, 0.29) is 30.8 Å². The van der Waals surface area contributed by atoms with Gasteiger partial charge in [0.25, 0.3) is 0 Å². The number of carbonyl (C=O) groups is 5. The van der Waals surface area contributed by atoms with E-state index in [0.29, 0.717) is 0 Å². The summed E-state index contributed by atoms with van der Waals surface area (Å²) in [4.78, 5) is 66.9. The van der Waals surface area contributed by atoms with Crippen molar-refractivity contribution in [3.8, 4) is 0 Å². The fourth-order valence-electron chi connectivity index (χ4n) is 3.85. The zero-order chi connectivity index (χ0) is 26.9. The van der Waals surface area contributed by atoms with E-state index in [1.54, 1.807) is 50.2 Å². The van der Waals surface area contributed by atoms with Crippen molar-refractivity contribution in [1.82, 2.24) is 0 Å². The second-order valence-corrected chi connectivity index (χ2v) is 8.48. The Kier molecular flexibility index (Phi) is 10.0. The fraction of sp³-hybridized carbons (Fsp3) is 0.345. The summed E-state index contributed by atoms with van der Waals surface area (Å²) in [6, 6.07) is 12.9. The maximum atomic E-state index is 13.8. The van der Waals surface area contributed by atoms with Gasteiger partial charge in [0.05, 0.1) is 13.2 Å². The minimum Gasteiger partial charge on any atom is -0.465 e. The Morgan fingerprint density at radius 1 is 0.833 bits per heavy atom.